The number of ketones is 1. The fourth-order valence-electron chi connectivity index (χ4n) is 3.70. The van der Waals surface area contributed by atoms with Crippen molar-refractivity contribution in [1.82, 2.24) is 9.36 Å². The molecule has 1 heterocycles. The van der Waals surface area contributed by atoms with E-state index in [0.717, 1.165) is 6.07 Å². The highest BCUT2D eigenvalue weighted by Crippen LogP contribution is 2.25. The Hall–Kier alpha value is -3.57. The molecule has 0 fully saturated rings. The average molecular weight is 609 g/mol. The first-order valence-corrected chi connectivity index (χ1v) is 13.8. The maximum Gasteiger partial charge on any atom is 0.340 e. The molecule has 0 aliphatic carbocycles. The summed E-state index contributed by atoms with van der Waals surface area (Å²) < 4.78 is 36.7. The van der Waals surface area contributed by atoms with Crippen LogP contribution in [0.15, 0.2) is 76.4 Å². The first-order chi connectivity index (χ1) is 18.4. The van der Waals surface area contributed by atoms with Crippen molar-refractivity contribution in [1.29, 1.82) is 0 Å². The van der Waals surface area contributed by atoms with Crippen LogP contribution >= 0.6 is 34.8 Å². The first kappa shape index (κ1) is 28.4. The van der Waals surface area contributed by atoms with Crippen LogP contribution in [0.1, 0.15) is 26.4 Å². The van der Waals surface area contributed by atoms with Crippen molar-refractivity contribution in [3.8, 4) is 5.69 Å². The molecule has 4 rings (SSSR count). The molecule has 0 bridgehead atoms. The van der Waals surface area contributed by atoms with Gasteiger partial charge in [-0.05, 0) is 55.5 Å². The molecular formula is C26H20Cl3N3O6S. The summed E-state index contributed by atoms with van der Waals surface area (Å²) in [5.41, 5.74) is -0.0807. The van der Waals surface area contributed by atoms with Crippen LogP contribution in [0.25, 0.3) is 5.69 Å². The third-order valence-electron chi connectivity index (χ3n) is 5.82. The minimum Gasteiger partial charge on any atom is -0.454 e. The lowest BCUT2D eigenvalue weighted by atomic mass is 10.1. The van der Waals surface area contributed by atoms with Crippen LogP contribution in [0.2, 0.25) is 15.1 Å². The SMILES string of the molecule is Cc1c(NS(=O)(=O)c2ccc(Cl)c(C(=O)OCC(=O)c3cc(Cl)ccc3Cl)c2)c(=O)n(-c2ccccc2)n1C. The van der Waals surface area contributed by atoms with E-state index in [-0.39, 0.29) is 36.8 Å². The summed E-state index contributed by atoms with van der Waals surface area (Å²) in [6.45, 7) is 0.902. The molecule has 0 atom stereocenters. The molecule has 0 unspecified atom stereocenters. The van der Waals surface area contributed by atoms with Gasteiger partial charge in [0.25, 0.3) is 15.6 Å². The summed E-state index contributed by atoms with van der Waals surface area (Å²) in [5, 5.41) is 0.293. The number of rotatable bonds is 8. The van der Waals surface area contributed by atoms with Gasteiger partial charge in [0.15, 0.2) is 6.61 Å². The summed E-state index contributed by atoms with van der Waals surface area (Å²) >= 11 is 18.0. The molecular weight excluding hydrogens is 589 g/mol. The van der Waals surface area contributed by atoms with Crippen LogP contribution in [-0.4, -0.2) is 36.1 Å². The molecule has 4 aromatic rings. The molecule has 39 heavy (non-hydrogen) atoms. The van der Waals surface area contributed by atoms with E-state index in [1.165, 1.54) is 39.7 Å². The number of benzene rings is 3. The normalized spacial score (nSPS) is 11.3. The molecule has 1 aromatic heterocycles. The quantitative estimate of drug-likeness (QED) is 0.215. The van der Waals surface area contributed by atoms with E-state index in [9.17, 15) is 22.8 Å². The molecule has 202 valence electrons. The van der Waals surface area contributed by atoms with E-state index in [1.54, 1.807) is 44.3 Å². The van der Waals surface area contributed by atoms with E-state index >= 15 is 0 Å². The van der Waals surface area contributed by atoms with Gasteiger partial charge < -0.3 is 4.74 Å². The van der Waals surface area contributed by atoms with E-state index in [1.807, 2.05) is 0 Å². The lowest BCUT2D eigenvalue weighted by molar-refractivity contribution is 0.0474. The van der Waals surface area contributed by atoms with Crippen molar-refractivity contribution in [2.75, 3.05) is 11.3 Å². The van der Waals surface area contributed by atoms with Crippen LogP contribution < -0.4 is 10.3 Å². The molecule has 0 spiro atoms. The number of anilines is 1. The smallest absolute Gasteiger partial charge is 0.340 e. The molecule has 9 nitrogen and oxygen atoms in total. The number of nitrogens with one attached hydrogen (secondary N) is 1. The second-order valence-electron chi connectivity index (χ2n) is 8.31. The maximum absolute atomic E-state index is 13.2. The molecule has 0 aliphatic rings. The molecule has 0 saturated carbocycles. The van der Waals surface area contributed by atoms with Crippen molar-refractivity contribution in [3.63, 3.8) is 0 Å². The van der Waals surface area contributed by atoms with Crippen molar-refractivity contribution in [2.45, 2.75) is 11.8 Å². The van der Waals surface area contributed by atoms with Gasteiger partial charge in [0.1, 0.15) is 5.69 Å². The number of hydrogen-bond acceptors (Lipinski definition) is 6. The molecule has 3 aromatic carbocycles. The zero-order valence-electron chi connectivity index (χ0n) is 20.4. The van der Waals surface area contributed by atoms with Crippen LogP contribution in [0.4, 0.5) is 5.69 Å². The lowest BCUT2D eigenvalue weighted by Crippen LogP contribution is -2.23. The van der Waals surface area contributed by atoms with E-state index < -0.39 is 33.9 Å². The van der Waals surface area contributed by atoms with Crippen LogP contribution in [-0.2, 0) is 21.8 Å². The second-order valence-corrected chi connectivity index (χ2v) is 11.2. The number of sulfonamides is 1. The summed E-state index contributed by atoms with van der Waals surface area (Å²) in [7, 11) is -2.72. The third kappa shape index (κ3) is 5.89. The number of carbonyl (C=O) groups is 2. The molecule has 0 aliphatic heterocycles. The summed E-state index contributed by atoms with van der Waals surface area (Å²) in [5.74, 6) is -1.66. The molecule has 0 amide bonds. The van der Waals surface area contributed by atoms with Crippen LogP contribution in [0.5, 0.6) is 0 Å². The number of aromatic nitrogens is 2. The average Bonchev–Trinajstić information content (AvgIpc) is 3.11. The van der Waals surface area contributed by atoms with Gasteiger partial charge in [-0.15, -0.1) is 0 Å². The Labute approximate surface area is 238 Å². The van der Waals surface area contributed by atoms with Crippen LogP contribution in [0, 0.1) is 6.92 Å². The second kappa shape index (κ2) is 11.3. The first-order valence-electron chi connectivity index (χ1n) is 11.2. The van der Waals surface area contributed by atoms with Crippen molar-refractivity contribution in [3.05, 3.63) is 109 Å². The largest absolute Gasteiger partial charge is 0.454 e. The van der Waals surface area contributed by atoms with Gasteiger partial charge in [-0.2, -0.15) is 0 Å². The highest BCUT2D eigenvalue weighted by atomic mass is 35.5. The van der Waals surface area contributed by atoms with Gasteiger partial charge in [0.05, 0.1) is 31.9 Å². The fourth-order valence-corrected chi connectivity index (χ4v) is 5.44. The van der Waals surface area contributed by atoms with Gasteiger partial charge in [0.2, 0.25) is 5.78 Å². The number of esters is 1. The molecule has 13 heteroatoms. The summed E-state index contributed by atoms with van der Waals surface area (Å²) in [4.78, 5) is 38.0. The Bertz CT molecular complexity index is 1770. The van der Waals surface area contributed by atoms with Crippen LogP contribution in [0.3, 0.4) is 0 Å². The minimum absolute atomic E-state index is 0.0583. The number of Topliss-reactive ketones (excluding diaryl/α,β-unsaturated/α-hetero) is 1. The highest BCUT2D eigenvalue weighted by Gasteiger charge is 2.25. The fraction of sp³-hybridized carbons (Fsp3) is 0.115. The Morgan fingerprint density at radius 1 is 0.923 bits per heavy atom. The van der Waals surface area contributed by atoms with Crippen molar-refractivity contribution >= 4 is 62.3 Å². The number of ether oxygens (including phenoxy) is 1. The van der Waals surface area contributed by atoms with Crippen molar-refractivity contribution in [2.24, 2.45) is 7.05 Å². The van der Waals surface area contributed by atoms with Gasteiger partial charge in [0, 0.05) is 17.6 Å². The molecule has 1 N–H and O–H groups in total. The zero-order chi connectivity index (χ0) is 28.5. The topological polar surface area (TPSA) is 116 Å². The monoisotopic (exact) mass is 607 g/mol. The lowest BCUT2D eigenvalue weighted by Gasteiger charge is -2.10. The number of para-hydroxylation sites is 1. The standard InChI is InChI=1S/C26H20Cl3N3O6S/c1-15-24(25(34)32(31(15)2)17-6-4-3-5-7-17)30-39(36,37)18-9-11-22(29)20(13-18)26(35)38-14-23(33)19-12-16(27)8-10-21(19)28/h3-13,30H,14H2,1-2H3. The number of halogens is 3. The molecule has 0 radical (unpaired) electrons. The van der Waals surface area contributed by atoms with Gasteiger partial charge in [-0.3, -0.25) is 19.0 Å². The third-order valence-corrected chi connectivity index (χ3v) is 8.06. The van der Waals surface area contributed by atoms with E-state index in [2.05, 4.69) is 4.72 Å². The highest BCUT2D eigenvalue weighted by molar-refractivity contribution is 7.92. The van der Waals surface area contributed by atoms with E-state index in [0.29, 0.717) is 11.4 Å². The minimum atomic E-state index is -4.34. The van der Waals surface area contributed by atoms with Crippen molar-refractivity contribution < 1.29 is 22.7 Å². The summed E-state index contributed by atoms with van der Waals surface area (Å²) in [6.07, 6.45) is 0. The predicted octanol–water partition coefficient (Wildman–Crippen LogP) is 5.29. The van der Waals surface area contributed by atoms with Gasteiger partial charge in [-0.1, -0.05) is 53.0 Å². The Kier molecular flexibility index (Phi) is 8.22. The van der Waals surface area contributed by atoms with E-state index in [4.69, 9.17) is 39.5 Å². The number of hydrogen-bond donors (Lipinski definition) is 1. The zero-order valence-corrected chi connectivity index (χ0v) is 23.5. The summed E-state index contributed by atoms with van der Waals surface area (Å²) in [6, 6.07) is 16.3. The van der Waals surface area contributed by atoms with Gasteiger partial charge >= 0.3 is 5.97 Å². The Morgan fingerprint density at radius 2 is 1.56 bits per heavy atom. The Morgan fingerprint density at radius 3 is 2.26 bits per heavy atom. The number of carbonyl (C=O) groups excluding carboxylic acids is 2. The van der Waals surface area contributed by atoms with Gasteiger partial charge in [-0.25, -0.2) is 17.9 Å². The predicted molar refractivity (Wildman–Crippen MR) is 149 cm³/mol. The number of nitrogens with zero attached hydrogens (tertiary/aromatic N) is 2. The Balaban J connectivity index is 1.58. The molecule has 0 saturated heterocycles. The maximum atomic E-state index is 13.2.